The molecule has 0 radical (unpaired) electrons. The maximum Gasteiger partial charge on any atom is 0.197 e. The monoisotopic (exact) mass is 390 g/mol. The Balaban J connectivity index is 1.84. The van der Waals surface area contributed by atoms with Gasteiger partial charge in [-0.15, -0.1) is 0 Å². The summed E-state index contributed by atoms with van der Waals surface area (Å²) < 4.78 is 7.22. The lowest BCUT2D eigenvalue weighted by Gasteiger charge is -2.19. The minimum absolute atomic E-state index is 0.266. The number of fused-ring (bicyclic) bond motifs is 1. The number of rotatable bonds is 5. The summed E-state index contributed by atoms with van der Waals surface area (Å²) >= 11 is 0. The van der Waals surface area contributed by atoms with Crippen LogP contribution in [0.25, 0.3) is 28.2 Å². The quantitative estimate of drug-likeness (QED) is 0.535. The molecular formula is C22H26N6O. The summed E-state index contributed by atoms with van der Waals surface area (Å²) in [5.41, 5.74) is 12.7. The highest BCUT2D eigenvalue weighted by Gasteiger charge is 2.21. The molecule has 7 heteroatoms. The van der Waals surface area contributed by atoms with Crippen LogP contribution in [0.15, 0.2) is 42.9 Å². The molecule has 1 aromatic carbocycles. The number of nitrogens with two attached hydrogens (primary N) is 1. The summed E-state index contributed by atoms with van der Waals surface area (Å²) in [5, 5.41) is 12.2. The van der Waals surface area contributed by atoms with Crippen LogP contribution >= 0.6 is 0 Å². The van der Waals surface area contributed by atoms with E-state index in [4.69, 9.17) is 10.5 Å². The van der Waals surface area contributed by atoms with Crippen molar-refractivity contribution in [2.45, 2.75) is 39.2 Å². The van der Waals surface area contributed by atoms with Crippen LogP contribution in [-0.2, 0) is 5.54 Å². The number of nitrogens with one attached hydrogen (secondary N) is 1. The third-order valence-corrected chi connectivity index (χ3v) is 5.13. The van der Waals surface area contributed by atoms with Gasteiger partial charge in [-0.3, -0.25) is 5.10 Å². The Hall–Kier alpha value is -3.19. The molecule has 0 unspecified atom stereocenters. The van der Waals surface area contributed by atoms with Gasteiger partial charge in [-0.05, 0) is 37.0 Å². The number of hydrogen-bond acceptors (Lipinski definition) is 5. The zero-order valence-electron chi connectivity index (χ0n) is 17.4. The topological polar surface area (TPSA) is 94.1 Å². The van der Waals surface area contributed by atoms with Gasteiger partial charge in [-0.1, -0.05) is 38.1 Å². The van der Waals surface area contributed by atoms with Gasteiger partial charge in [-0.25, -0.2) is 9.50 Å². The third-order valence-electron chi connectivity index (χ3n) is 5.13. The van der Waals surface area contributed by atoms with Gasteiger partial charge in [-0.2, -0.15) is 10.2 Å². The van der Waals surface area contributed by atoms with Crippen molar-refractivity contribution in [1.29, 1.82) is 0 Å². The summed E-state index contributed by atoms with van der Waals surface area (Å²) in [5.74, 6) is 0.926. The first kappa shape index (κ1) is 19.1. The fourth-order valence-corrected chi connectivity index (χ4v) is 3.59. The van der Waals surface area contributed by atoms with Crippen molar-refractivity contribution in [3.63, 3.8) is 0 Å². The summed E-state index contributed by atoms with van der Waals surface area (Å²) in [6.45, 7) is 8.34. The van der Waals surface area contributed by atoms with Crippen LogP contribution in [0.4, 0.5) is 0 Å². The Morgan fingerprint density at radius 1 is 1.14 bits per heavy atom. The lowest BCUT2D eigenvalue weighted by molar-refractivity contribution is 0.416. The molecule has 0 saturated heterocycles. The minimum Gasteiger partial charge on any atom is -0.493 e. The second kappa shape index (κ2) is 7.00. The summed E-state index contributed by atoms with van der Waals surface area (Å²) in [6.07, 6.45) is 3.44. The van der Waals surface area contributed by atoms with Crippen LogP contribution in [0.3, 0.4) is 0 Å². The van der Waals surface area contributed by atoms with E-state index in [1.807, 2.05) is 26.1 Å². The molecule has 3 heterocycles. The highest BCUT2D eigenvalue weighted by atomic mass is 16.5. The first-order chi connectivity index (χ1) is 13.8. The number of aromatic nitrogens is 5. The van der Waals surface area contributed by atoms with E-state index >= 15 is 0 Å². The van der Waals surface area contributed by atoms with Crippen LogP contribution < -0.4 is 10.5 Å². The maximum atomic E-state index is 6.22. The van der Waals surface area contributed by atoms with Crippen LogP contribution in [0, 0.1) is 0 Å². The zero-order valence-corrected chi connectivity index (χ0v) is 17.4. The van der Waals surface area contributed by atoms with Crippen LogP contribution in [-0.4, -0.2) is 31.9 Å². The first-order valence-electron chi connectivity index (χ1n) is 9.65. The van der Waals surface area contributed by atoms with Crippen molar-refractivity contribution in [2.75, 3.05) is 7.11 Å². The number of aromatic amines is 1. The number of benzene rings is 1. The van der Waals surface area contributed by atoms with E-state index < -0.39 is 0 Å². The van der Waals surface area contributed by atoms with E-state index in [2.05, 4.69) is 58.4 Å². The van der Waals surface area contributed by atoms with Crippen LogP contribution in [0.2, 0.25) is 0 Å². The maximum absolute atomic E-state index is 6.22. The number of ether oxygens (including phenoxy) is 1. The molecule has 4 aromatic rings. The fraction of sp³-hybridized carbons (Fsp3) is 0.318. The van der Waals surface area contributed by atoms with Crippen molar-refractivity contribution >= 4 is 5.65 Å². The van der Waals surface area contributed by atoms with Gasteiger partial charge in [0.15, 0.2) is 11.4 Å². The average molecular weight is 390 g/mol. The lowest BCUT2D eigenvalue weighted by atomic mass is 9.91. The molecule has 0 fully saturated rings. The SMILES string of the molecule is COc1cc(-c2n[nH]c(-c3ccc(C(C)(C)N)cc3)c2C(C)C)cn2ncnc12. The molecular weight excluding hydrogens is 364 g/mol. The molecule has 0 aliphatic heterocycles. The molecule has 0 aliphatic rings. The van der Waals surface area contributed by atoms with Gasteiger partial charge in [0.05, 0.1) is 18.5 Å². The van der Waals surface area contributed by atoms with E-state index in [1.165, 1.54) is 6.33 Å². The zero-order chi connectivity index (χ0) is 20.8. The molecule has 3 aromatic heterocycles. The van der Waals surface area contributed by atoms with Gasteiger partial charge in [0.1, 0.15) is 6.33 Å². The Labute approximate surface area is 169 Å². The molecule has 3 N–H and O–H groups in total. The van der Waals surface area contributed by atoms with Gasteiger partial charge >= 0.3 is 0 Å². The van der Waals surface area contributed by atoms with Gasteiger partial charge in [0.2, 0.25) is 0 Å². The van der Waals surface area contributed by atoms with E-state index in [0.717, 1.165) is 33.6 Å². The standard InChI is InChI=1S/C22H26N6O/c1-13(2)18-19(14-6-8-16(9-7-14)22(3,4)23)26-27-20(18)15-10-17(29-5)21-24-12-25-28(21)11-15/h6-13H,23H2,1-5H3,(H,26,27). The fourth-order valence-electron chi connectivity index (χ4n) is 3.59. The Kier molecular flexibility index (Phi) is 4.62. The summed E-state index contributed by atoms with van der Waals surface area (Å²) in [4.78, 5) is 4.25. The molecule has 0 spiro atoms. The molecule has 0 aliphatic carbocycles. The molecule has 0 bridgehead atoms. The number of nitrogens with zero attached hydrogens (tertiary/aromatic N) is 4. The Bertz CT molecular complexity index is 1150. The van der Waals surface area contributed by atoms with Crippen molar-refractivity contribution in [3.8, 4) is 28.3 Å². The summed E-state index contributed by atoms with van der Waals surface area (Å²) in [6, 6.07) is 10.3. The number of methoxy groups -OCH3 is 1. The molecule has 0 amide bonds. The van der Waals surface area contributed by atoms with Crippen molar-refractivity contribution in [3.05, 3.63) is 54.0 Å². The second-order valence-electron chi connectivity index (χ2n) is 8.14. The smallest absolute Gasteiger partial charge is 0.197 e. The van der Waals surface area contributed by atoms with Crippen LogP contribution in [0.1, 0.15) is 44.7 Å². The van der Waals surface area contributed by atoms with Crippen molar-refractivity contribution in [1.82, 2.24) is 24.8 Å². The molecule has 0 atom stereocenters. The molecule has 7 nitrogen and oxygen atoms in total. The Morgan fingerprint density at radius 3 is 2.48 bits per heavy atom. The van der Waals surface area contributed by atoms with E-state index in [0.29, 0.717) is 11.4 Å². The Morgan fingerprint density at radius 2 is 1.86 bits per heavy atom. The van der Waals surface area contributed by atoms with Crippen molar-refractivity contribution in [2.24, 2.45) is 5.73 Å². The number of H-pyrrole nitrogens is 1. The van der Waals surface area contributed by atoms with Gasteiger partial charge in [0.25, 0.3) is 0 Å². The first-order valence-corrected chi connectivity index (χ1v) is 9.65. The lowest BCUT2D eigenvalue weighted by Crippen LogP contribution is -2.28. The van der Waals surface area contributed by atoms with E-state index in [9.17, 15) is 0 Å². The van der Waals surface area contributed by atoms with E-state index in [-0.39, 0.29) is 11.5 Å². The summed E-state index contributed by atoms with van der Waals surface area (Å²) in [7, 11) is 1.63. The third kappa shape index (κ3) is 3.38. The molecule has 150 valence electrons. The van der Waals surface area contributed by atoms with Gasteiger partial charge < -0.3 is 10.5 Å². The predicted octanol–water partition coefficient (Wildman–Crippen LogP) is 4.11. The predicted molar refractivity (Wildman–Crippen MR) is 114 cm³/mol. The number of hydrogen-bond donors (Lipinski definition) is 2. The highest BCUT2D eigenvalue weighted by molar-refractivity contribution is 5.76. The average Bonchev–Trinajstić information content (AvgIpc) is 3.33. The number of pyridine rings is 1. The second-order valence-corrected chi connectivity index (χ2v) is 8.14. The molecule has 0 saturated carbocycles. The minimum atomic E-state index is -0.373. The van der Waals surface area contributed by atoms with Crippen molar-refractivity contribution < 1.29 is 4.74 Å². The van der Waals surface area contributed by atoms with Crippen LogP contribution in [0.5, 0.6) is 5.75 Å². The highest BCUT2D eigenvalue weighted by Crippen LogP contribution is 2.37. The molecule has 29 heavy (non-hydrogen) atoms. The normalized spacial score (nSPS) is 12.1. The largest absolute Gasteiger partial charge is 0.493 e. The van der Waals surface area contributed by atoms with E-state index in [1.54, 1.807) is 11.6 Å². The van der Waals surface area contributed by atoms with Gasteiger partial charge in [0, 0.05) is 22.9 Å². The molecule has 4 rings (SSSR count).